The second-order valence-electron chi connectivity index (χ2n) is 5.53. The number of hydrogen-bond donors (Lipinski definition) is 2. The van der Waals surface area contributed by atoms with Crippen LogP contribution in [-0.2, 0) is 4.74 Å². The van der Waals surface area contributed by atoms with E-state index in [1.165, 1.54) is 0 Å². The number of aryl methyl sites for hydroxylation is 2. The lowest BCUT2D eigenvalue weighted by atomic mass is 10.2. The highest BCUT2D eigenvalue weighted by molar-refractivity contribution is 5.89. The number of aromatic nitrogens is 2. The number of para-hydroxylation sites is 1. The van der Waals surface area contributed by atoms with Crippen molar-refractivity contribution in [2.75, 3.05) is 18.5 Å². The van der Waals surface area contributed by atoms with Crippen LogP contribution in [0.5, 0.6) is 0 Å². The van der Waals surface area contributed by atoms with Gasteiger partial charge in [-0.05, 0) is 31.9 Å². The van der Waals surface area contributed by atoms with E-state index < -0.39 is 0 Å². The van der Waals surface area contributed by atoms with E-state index in [0.29, 0.717) is 19.0 Å². The third kappa shape index (κ3) is 3.12. The van der Waals surface area contributed by atoms with E-state index in [1.54, 1.807) is 4.68 Å². The van der Waals surface area contributed by atoms with Gasteiger partial charge in [0.1, 0.15) is 5.82 Å². The highest BCUT2D eigenvalue weighted by atomic mass is 16.5. The van der Waals surface area contributed by atoms with Crippen LogP contribution in [0.4, 0.5) is 10.6 Å². The summed E-state index contributed by atoms with van der Waals surface area (Å²) in [6, 6.07) is 9.65. The summed E-state index contributed by atoms with van der Waals surface area (Å²) in [5, 5.41) is 10.3. The number of nitrogens with zero attached hydrogens (tertiary/aromatic N) is 2. The largest absolute Gasteiger partial charge is 0.379 e. The van der Waals surface area contributed by atoms with Crippen molar-refractivity contribution in [2.24, 2.45) is 0 Å². The average Bonchev–Trinajstić information content (AvgIpc) is 3.09. The Kier molecular flexibility index (Phi) is 4.11. The Balaban J connectivity index is 1.79. The van der Waals surface area contributed by atoms with Gasteiger partial charge in [-0.3, -0.25) is 5.32 Å². The molecule has 2 N–H and O–H groups in total. The fraction of sp³-hybridized carbons (Fsp3) is 0.375. The normalized spacial score (nSPS) is 17.5. The van der Waals surface area contributed by atoms with Gasteiger partial charge < -0.3 is 10.1 Å². The lowest BCUT2D eigenvalue weighted by molar-refractivity contribution is 0.189. The van der Waals surface area contributed by atoms with Crippen LogP contribution in [-0.4, -0.2) is 35.1 Å². The highest BCUT2D eigenvalue weighted by Crippen LogP contribution is 2.20. The smallest absolute Gasteiger partial charge is 0.320 e. The molecule has 6 heteroatoms. The predicted octanol–water partition coefficient (Wildman–Crippen LogP) is 2.40. The SMILES string of the molecule is Cc1cc(NC(=O)NC2CCOC2)n(-c2ccccc2C)n1. The molecule has 0 spiro atoms. The maximum absolute atomic E-state index is 12.1. The molecule has 2 aromatic rings. The number of carbonyl (C=O) groups excluding carboxylic acids is 1. The van der Waals surface area contributed by atoms with Crippen LogP contribution in [0.1, 0.15) is 17.7 Å². The highest BCUT2D eigenvalue weighted by Gasteiger charge is 2.19. The monoisotopic (exact) mass is 300 g/mol. The van der Waals surface area contributed by atoms with Crippen molar-refractivity contribution in [1.29, 1.82) is 0 Å². The number of anilines is 1. The van der Waals surface area contributed by atoms with Crippen LogP contribution in [0, 0.1) is 13.8 Å². The molecule has 1 saturated heterocycles. The number of benzene rings is 1. The fourth-order valence-corrected chi connectivity index (χ4v) is 2.56. The molecule has 1 unspecified atom stereocenters. The third-order valence-electron chi connectivity index (χ3n) is 3.68. The summed E-state index contributed by atoms with van der Waals surface area (Å²) in [5.74, 6) is 0.656. The first-order chi connectivity index (χ1) is 10.6. The Morgan fingerprint density at radius 3 is 2.91 bits per heavy atom. The van der Waals surface area contributed by atoms with Gasteiger partial charge in [0.05, 0.1) is 24.0 Å². The number of amides is 2. The van der Waals surface area contributed by atoms with Crippen molar-refractivity contribution < 1.29 is 9.53 Å². The number of rotatable bonds is 3. The van der Waals surface area contributed by atoms with Crippen molar-refractivity contribution in [2.45, 2.75) is 26.3 Å². The summed E-state index contributed by atoms with van der Waals surface area (Å²) in [4.78, 5) is 12.1. The molecule has 1 aromatic heterocycles. The molecule has 3 rings (SSSR count). The fourth-order valence-electron chi connectivity index (χ4n) is 2.56. The Morgan fingerprint density at radius 1 is 1.36 bits per heavy atom. The summed E-state index contributed by atoms with van der Waals surface area (Å²) in [6.07, 6.45) is 0.851. The maximum atomic E-state index is 12.1. The lowest BCUT2D eigenvalue weighted by Gasteiger charge is -2.14. The molecule has 22 heavy (non-hydrogen) atoms. The van der Waals surface area contributed by atoms with E-state index in [2.05, 4.69) is 15.7 Å². The molecule has 6 nitrogen and oxygen atoms in total. The zero-order chi connectivity index (χ0) is 15.5. The average molecular weight is 300 g/mol. The lowest BCUT2D eigenvalue weighted by Crippen LogP contribution is -2.38. The third-order valence-corrected chi connectivity index (χ3v) is 3.68. The van der Waals surface area contributed by atoms with Gasteiger partial charge in [-0.15, -0.1) is 0 Å². The van der Waals surface area contributed by atoms with Crippen LogP contribution >= 0.6 is 0 Å². The van der Waals surface area contributed by atoms with Crippen molar-refractivity contribution in [3.05, 3.63) is 41.6 Å². The molecule has 0 aliphatic carbocycles. The van der Waals surface area contributed by atoms with Crippen molar-refractivity contribution >= 4 is 11.8 Å². The number of ether oxygens (including phenoxy) is 1. The molecular formula is C16H20N4O2. The Morgan fingerprint density at radius 2 is 2.18 bits per heavy atom. The minimum absolute atomic E-state index is 0.0796. The summed E-state index contributed by atoms with van der Waals surface area (Å²) in [7, 11) is 0. The minimum Gasteiger partial charge on any atom is -0.379 e. The molecule has 2 heterocycles. The molecule has 1 atom stereocenters. The molecule has 0 saturated carbocycles. The molecule has 2 amide bonds. The first kappa shape index (κ1) is 14.6. The summed E-state index contributed by atoms with van der Waals surface area (Å²) < 4.78 is 7.02. The van der Waals surface area contributed by atoms with Gasteiger partial charge in [0.2, 0.25) is 0 Å². The van der Waals surface area contributed by atoms with E-state index in [-0.39, 0.29) is 12.1 Å². The maximum Gasteiger partial charge on any atom is 0.320 e. The van der Waals surface area contributed by atoms with Gasteiger partial charge in [0.15, 0.2) is 0 Å². The second-order valence-corrected chi connectivity index (χ2v) is 5.53. The van der Waals surface area contributed by atoms with E-state index >= 15 is 0 Å². The zero-order valence-electron chi connectivity index (χ0n) is 12.8. The topological polar surface area (TPSA) is 68.2 Å². The molecule has 1 aromatic carbocycles. The zero-order valence-corrected chi connectivity index (χ0v) is 12.8. The molecule has 1 aliphatic rings. The molecule has 0 bridgehead atoms. The summed E-state index contributed by atoms with van der Waals surface area (Å²) in [5.41, 5.74) is 2.90. The minimum atomic E-state index is -0.231. The van der Waals surface area contributed by atoms with Gasteiger partial charge in [0.25, 0.3) is 0 Å². The Bertz CT molecular complexity index is 675. The van der Waals surface area contributed by atoms with Crippen molar-refractivity contribution in [1.82, 2.24) is 15.1 Å². The van der Waals surface area contributed by atoms with E-state index in [9.17, 15) is 4.79 Å². The van der Waals surface area contributed by atoms with Gasteiger partial charge in [-0.2, -0.15) is 5.10 Å². The van der Waals surface area contributed by atoms with Crippen LogP contribution in [0.3, 0.4) is 0 Å². The number of hydrogen-bond acceptors (Lipinski definition) is 3. The van der Waals surface area contributed by atoms with Crippen LogP contribution in [0.2, 0.25) is 0 Å². The first-order valence-electron chi connectivity index (χ1n) is 7.41. The number of nitrogens with one attached hydrogen (secondary N) is 2. The van der Waals surface area contributed by atoms with Crippen LogP contribution in [0.15, 0.2) is 30.3 Å². The molecule has 0 radical (unpaired) electrons. The Labute approximate surface area is 129 Å². The number of urea groups is 1. The van der Waals surface area contributed by atoms with Crippen LogP contribution in [0.25, 0.3) is 5.69 Å². The molecule has 116 valence electrons. The summed E-state index contributed by atoms with van der Waals surface area (Å²) in [6.45, 7) is 5.20. The van der Waals surface area contributed by atoms with E-state index in [1.807, 2.05) is 44.2 Å². The van der Waals surface area contributed by atoms with Gasteiger partial charge in [-0.25, -0.2) is 9.48 Å². The summed E-state index contributed by atoms with van der Waals surface area (Å²) >= 11 is 0. The van der Waals surface area contributed by atoms with E-state index in [0.717, 1.165) is 23.4 Å². The van der Waals surface area contributed by atoms with Gasteiger partial charge >= 0.3 is 6.03 Å². The quantitative estimate of drug-likeness (QED) is 0.914. The van der Waals surface area contributed by atoms with Gasteiger partial charge in [0, 0.05) is 12.7 Å². The van der Waals surface area contributed by atoms with Gasteiger partial charge in [-0.1, -0.05) is 18.2 Å². The predicted molar refractivity (Wildman–Crippen MR) is 84.4 cm³/mol. The molecular weight excluding hydrogens is 280 g/mol. The standard InChI is InChI=1S/C16H20N4O2/c1-11-5-3-4-6-14(11)20-15(9-12(2)19-20)18-16(21)17-13-7-8-22-10-13/h3-6,9,13H,7-8,10H2,1-2H3,(H2,17,18,21). The van der Waals surface area contributed by atoms with E-state index in [4.69, 9.17) is 4.74 Å². The van der Waals surface area contributed by atoms with Crippen LogP contribution < -0.4 is 10.6 Å². The van der Waals surface area contributed by atoms with Crippen molar-refractivity contribution in [3.63, 3.8) is 0 Å². The Hall–Kier alpha value is -2.34. The van der Waals surface area contributed by atoms with Crippen molar-refractivity contribution in [3.8, 4) is 5.69 Å². The second kappa shape index (κ2) is 6.19. The number of carbonyl (C=O) groups is 1. The molecule has 1 fully saturated rings. The first-order valence-corrected chi connectivity index (χ1v) is 7.41. The molecule has 1 aliphatic heterocycles.